The summed E-state index contributed by atoms with van der Waals surface area (Å²) in [5.41, 5.74) is 6.24. The predicted molar refractivity (Wildman–Crippen MR) is 166 cm³/mol. The summed E-state index contributed by atoms with van der Waals surface area (Å²) >= 11 is -0.0703. The molecule has 10 heteroatoms. The average Bonchev–Trinajstić information content (AvgIpc) is 3.78. The lowest BCUT2D eigenvalue weighted by Gasteiger charge is -2.33. The van der Waals surface area contributed by atoms with Gasteiger partial charge in [-0.2, -0.15) is 0 Å². The van der Waals surface area contributed by atoms with E-state index in [0.717, 1.165) is 22.9 Å². The van der Waals surface area contributed by atoms with Crippen LogP contribution in [0.15, 0.2) is 98.1 Å². The molecule has 4 N–H and O–H groups in total. The highest BCUT2D eigenvalue weighted by molar-refractivity contribution is 7.17. The Balaban J connectivity index is 0.000000168. The quantitative estimate of drug-likeness (QED) is 0.151. The lowest BCUT2D eigenvalue weighted by atomic mass is 9.22. The molecule has 8 nitrogen and oxygen atoms in total. The maximum absolute atomic E-state index is 4.45. The third-order valence-electron chi connectivity index (χ3n) is 7.36. The number of benzene rings is 2. The number of imidazole rings is 4. The Morgan fingerprint density at radius 1 is 0.476 bits per heavy atom. The van der Waals surface area contributed by atoms with Gasteiger partial charge in [-0.25, -0.2) is 0 Å². The number of nitrogens with zero attached hydrogens (tertiary/aromatic N) is 4. The summed E-state index contributed by atoms with van der Waals surface area (Å²) in [6.45, 7) is 13.6. The summed E-state index contributed by atoms with van der Waals surface area (Å²) in [4.78, 5) is 30.5. The van der Waals surface area contributed by atoms with Crippen LogP contribution in [0, 0.1) is 7.14 Å². The SMILES string of the molecule is CC(C)(C)c1ccc([I+]c2ccc(C(C)(C)C)cc2)cc1.c1c[nH]c([B-](c2ncc[nH]2)(c2ncc[nH]2)c2ncc[nH]2)n1. The van der Waals surface area contributed by atoms with E-state index in [1.54, 1.807) is 49.6 Å². The van der Waals surface area contributed by atoms with Crippen LogP contribution < -0.4 is 44.1 Å². The van der Waals surface area contributed by atoms with Gasteiger partial charge < -0.3 is 19.9 Å². The van der Waals surface area contributed by atoms with E-state index < -0.39 is 6.15 Å². The van der Waals surface area contributed by atoms with Gasteiger partial charge in [-0.1, -0.05) is 65.8 Å². The summed E-state index contributed by atoms with van der Waals surface area (Å²) in [6, 6.07) is 18.4. The zero-order valence-electron chi connectivity index (χ0n) is 25.0. The first kappa shape index (κ1) is 29.6. The van der Waals surface area contributed by atoms with Gasteiger partial charge in [0.25, 0.3) is 6.15 Å². The van der Waals surface area contributed by atoms with Crippen molar-refractivity contribution in [1.29, 1.82) is 0 Å². The van der Waals surface area contributed by atoms with Crippen LogP contribution in [0.1, 0.15) is 52.7 Å². The molecule has 0 aliphatic heterocycles. The van der Waals surface area contributed by atoms with Crippen LogP contribution in [0.2, 0.25) is 0 Å². The average molecular weight is 672 g/mol. The molecule has 0 atom stereocenters. The molecule has 0 amide bonds. The minimum absolute atomic E-state index is 0.0703. The van der Waals surface area contributed by atoms with Crippen LogP contribution in [0.25, 0.3) is 0 Å². The summed E-state index contributed by atoms with van der Waals surface area (Å²) in [5.74, 6) is 0. The van der Waals surface area contributed by atoms with E-state index in [9.17, 15) is 0 Å². The van der Waals surface area contributed by atoms with E-state index in [-0.39, 0.29) is 32.0 Å². The van der Waals surface area contributed by atoms with Crippen molar-refractivity contribution >= 4 is 29.0 Å². The number of halogens is 1. The molecule has 0 aliphatic carbocycles. The van der Waals surface area contributed by atoms with Crippen molar-refractivity contribution in [2.45, 2.75) is 52.4 Å². The van der Waals surface area contributed by atoms with Crippen LogP contribution in [0.3, 0.4) is 0 Å². The van der Waals surface area contributed by atoms with Gasteiger partial charge in [0.2, 0.25) is 0 Å². The molecule has 4 heterocycles. The van der Waals surface area contributed by atoms with Gasteiger partial charge in [-0.3, -0.25) is 19.9 Å². The number of hydrogen-bond acceptors (Lipinski definition) is 4. The topological polar surface area (TPSA) is 115 Å². The Hall–Kier alpha value is -3.93. The Bertz CT molecular complexity index is 1430. The molecule has 2 aromatic carbocycles. The summed E-state index contributed by atoms with van der Waals surface area (Å²) in [5, 5.41) is 0. The van der Waals surface area contributed by atoms with Crippen molar-refractivity contribution < 1.29 is 21.2 Å². The molecule has 0 radical (unpaired) electrons. The Kier molecular flexibility index (Phi) is 8.54. The summed E-state index contributed by atoms with van der Waals surface area (Å²) in [7, 11) is 0. The first-order chi connectivity index (χ1) is 20.1. The fourth-order valence-corrected chi connectivity index (χ4v) is 7.14. The zero-order valence-corrected chi connectivity index (χ0v) is 27.1. The van der Waals surface area contributed by atoms with Gasteiger partial charge in [0.1, 0.15) is 0 Å². The van der Waals surface area contributed by atoms with Crippen LogP contribution >= 0.6 is 0 Å². The molecule has 0 aliphatic rings. The minimum atomic E-state index is -1.72. The van der Waals surface area contributed by atoms with Crippen LogP contribution in [0.4, 0.5) is 0 Å². The normalized spacial score (nSPS) is 12.1. The number of aromatic nitrogens is 8. The van der Waals surface area contributed by atoms with E-state index in [4.69, 9.17) is 0 Å². The monoisotopic (exact) mass is 672 g/mol. The lowest BCUT2D eigenvalue weighted by molar-refractivity contribution is -0.597. The van der Waals surface area contributed by atoms with Crippen LogP contribution in [0.5, 0.6) is 0 Å². The van der Waals surface area contributed by atoms with Crippen LogP contribution in [-0.4, -0.2) is 46.0 Å². The largest absolute Gasteiger partial charge is 0.383 e. The molecule has 0 unspecified atom stereocenters. The predicted octanol–water partition coefficient (Wildman–Crippen LogP) is 0.366. The van der Waals surface area contributed by atoms with E-state index in [0.29, 0.717) is 0 Å². The maximum Gasteiger partial charge on any atom is 0.357 e. The van der Waals surface area contributed by atoms with Gasteiger partial charge in [-0.05, 0) is 69.1 Å². The summed E-state index contributed by atoms with van der Waals surface area (Å²) < 4.78 is 2.98. The number of nitrogens with one attached hydrogen (secondary N) is 4. The highest BCUT2D eigenvalue weighted by Crippen LogP contribution is 2.21. The highest BCUT2D eigenvalue weighted by atomic mass is 127. The molecule has 6 aromatic rings. The third kappa shape index (κ3) is 6.28. The van der Waals surface area contributed by atoms with Gasteiger partial charge in [0.15, 0.2) is 7.14 Å². The minimum Gasteiger partial charge on any atom is -0.383 e. The second-order valence-corrected chi connectivity index (χ2v) is 15.4. The molecule has 216 valence electrons. The van der Waals surface area contributed by atoms with E-state index in [2.05, 4.69) is 130 Å². The first-order valence-electron chi connectivity index (χ1n) is 14.1. The number of hydrogen-bond donors (Lipinski definition) is 4. The Morgan fingerprint density at radius 3 is 0.976 bits per heavy atom. The molecule has 0 saturated heterocycles. The second kappa shape index (κ2) is 12.1. The highest BCUT2D eigenvalue weighted by Gasteiger charge is 2.41. The fraction of sp³-hybridized carbons (Fsp3) is 0.250. The first-order valence-corrected chi connectivity index (χ1v) is 16.2. The molecule has 0 fully saturated rings. The van der Waals surface area contributed by atoms with E-state index in [1.165, 1.54) is 18.3 Å². The standard InChI is InChI=1S/C20H26I.C12H12BN8/c1-19(2,3)15-7-11-17(12-8-15)21-18-13-9-16(10-14-18)20(4,5)6;1-2-15-9(14-1)13(10-16-3-4-17-10,11-18-5-6-19-11)12-20-7-8-21-12/h7-14H,1-6H3;1-8H,(H,14,15)(H,16,17)(H,18,19)(H,20,21)/q+1;-1. The molecular weight excluding hydrogens is 634 g/mol. The molecule has 6 rings (SSSR count). The van der Waals surface area contributed by atoms with Gasteiger partial charge >= 0.3 is 21.2 Å². The van der Waals surface area contributed by atoms with Crippen molar-refractivity contribution in [2.75, 3.05) is 0 Å². The van der Waals surface area contributed by atoms with Gasteiger partial charge in [0, 0.05) is 49.6 Å². The second-order valence-electron chi connectivity index (χ2n) is 12.4. The third-order valence-corrected chi connectivity index (χ3v) is 10.0. The molecule has 0 bridgehead atoms. The van der Waals surface area contributed by atoms with Crippen molar-refractivity contribution in [3.05, 3.63) is 116 Å². The number of rotatable bonds is 6. The van der Waals surface area contributed by atoms with E-state index in [1.807, 2.05) is 0 Å². The zero-order chi connectivity index (χ0) is 29.8. The molecular formula is C32H38BIN8. The van der Waals surface area contributed by atoms with E-state index >= 15 is 0 Å². The van der Waals surface area contributed by atoms with Crippen molar-refractivity contribution in [2.24, 2.45) is 0 Å². The maximum atomic E-state index is 4.45. The molecule has 4 aromatic heterocycles. The summed E-state index contributed by atoms with van der Waals surface area (Å²) in [6.07, 6.45) is 12.2. The van der Waals surface area contributed by atoms with Crippen molar-refractivity contribution in [3.8, 4) is 0 Å². The smallest absolute Gasteiger partial charge is 0.357 e. The van der Waals surface area contributed by atoms with Gasteiger partial charge in [0.05, 0.1) is 0 Å². The molecule has 42 heavy (non-hydrogen) atoms. The Morgan fingerprint density at radius 2 is 0.762 bits per heavy atom. The van der Waals surface area contributed by atoms with Crippen LogP contribution in [-0.2, 0) is 10.8 Å². The molecule has 0 saturated carbocycles. The Labute approximate surface area is 257 Å². The number of H-pyrrole nitrogens is 4. The van der Waals surface area contributed by atoms with Crippen molar-refractivity contribution in [3.63, 3.8) is 0 Å². The van der Waals surface area contributed by atoms with Crippen molar-refractivity contribution in [1.82, 2.24) is 39.9 Å². The molecule has 0 spiro atoms. The van der Waals surface area contributed by atoms with Gasteiger partial charge in [-0.15, -0.1) is 0 Å². The number of aromatic amines is 4. The fourth-order valence-electron chi connectivity index (χ4n) is 4.99. The lowest BCUT2D eigenvalue weighted by Crippen LogP contribution is -3.61.